The van der Waals surface area contributed by atoms with Crippen molar-refractivity contribution in [2.24, 2.45) is 5.92 Å². The summed E-state index contributed by atoms with van der Waals surface area (Å²) in [6.45, 7) is 10.8. The van der Waals surface area contributed by atoms with Crippen molar-refractivity contribution in [3.63, 3.8) is 0 Å². The van der Waals surface area contributed by atoms with Gasteiger partial charge in [-0.2, -0.15) is 0 Å². The summed E-state index contributed by atoms with van der Waals surface area (Å²) in [5.74, 6) is 2.25. The van der Waals surface area contributed by atoms with E-state index < -0.39 is 0 Å². The smallest absolute Gasteiger partial charge is 0.146 e. The molecule has 0 amide bonds. The van der Waals surface area contributed by atoms with Crippen molar-refractivity contribution in [2.45, 2.75) is 53.1 Å². The molecule has 3 heterocycles. The third kappa shape index (κ3) is 2.77. The number of aryl methyl sites for hydroxylation is 2. The first-order valence-electron chi connectivity index (χ1n) is 7.72. The lowest BCUT2D eigenvalue weighted by Crippen LogP contribution is -2.40. The van der Waals surface area contributed by atoms with Crippen molar-refractivity contribution in [1.29, 1.82) is 0 Å². The summed E-state index contributed by atoms with van der Waals surface area (Å²) < 4.78 is 0. The molecule has 0 bridgehead atoms. The van der Waals surface area contributed by atoms with Gasteiger partial charge in [0.2, 0.25) is 0 Å². The molecule has 1 aliphatic rings. The third-order valence-corrected chi connectivity index (χ3v) is 5.80. The predicted molar refractivity (Wildman–Crippen MR) is 89.6 cm³/mol. The molecule has 114 valence electrons. The second kappa shape index (κ2) is 5.54. The summed E-state index contributed by atoms with van der Waals surface area (Å²) in [6, 6.07) is 0.605. The highest BCUT2D eigenvalue weighted by molar-refractivity contribution is 7.18. The second-order valence-corrected chi connectivity index (χ2v) is 7.65. The molecular formula is C16H24N4S. The SMILES string of the molecule is Cc1sc2nc(CN3CC(C)CCC3C)nc(N)c2c1C. The molecule has 5 heteroatoms. The van der Waals surface area contributed by atoms with Crippen LogP contribution in [0.3, 0.4) is 0 Å². The first kappa shape index (κ1) is 14.7. The fraction of sp³-hybridized carbons (Fsp3) is 0.625. The first-order valence-corrected chi connectivity index (χ1v) is 8.53. The molecule has 1 fully saturated rings. The van der Waals surface area contributed by atoms with Crippen LogP contribution in [0, 0.1) is 19.8 Å². The van der Waals surface area contributed by atoms with Crippen LogP contribution in [0.5, 0.6) is 0 Å². The molecule has 4 nitrogen and oxygen atoms in total. The van der Waals surface area contributed by atoms with Crippen molar-refractivity contribution in [1.82, 2.24) is 14.9 Å². The van der Waals surface area contributed by atoms with Gasteiger partial charge in [0, 0.05) is 17.5 Å². The summed E-state index contributed by atoms with van der Waals surface area (Å²) in [5.41, 5.74) is 7.40. The highest BCUT2D eigenvalue weighted by Crippen LogP contribution is 2.32. The number of nitrogens with two attached hydrogens (primary N) is 1. The van der Waals surface area contributed by atoms with E-state index >= 15 is 0 Å². The molecule has 2 unspecified atom stereocenters. The monoisotopic (exact) mass is 304 g/mol. The average molecular weight is 304 g/mol. The van der Waals surface area contributed by atoms with Crippen LogP contribution < -0.4 is 5.73 Å². The van der Waals surface area contributed by atoms with E-state index in [9.17, 15) is 0 Å². The Hall–Kier alpha value is -1.20. The summed E-state index contributed by atoms with van der Waals surface area (Å²) in [6.07, 6.45) is 2.58. The van der Waals surface area contributed by atoms with E-state index in [1.165, 1.54) is 23.3 Å². The van der Waals surface area contributed by atoms with E-state index in [1.807, 2.05) is 0 Å². The van der Waals surface area contributed by atoms with Crippen molar-refractivity contribution < 1.29 is 0 Å². The zero-order valence-electron chi connectivity index (χ0n) is 13.3. The van der Waals surface area contributed by atoms with Crippen LogP contribution in [-0.2, 0) is 6.54 Å². The van der Waals surface area contributed by atoms with Gasteiger partial charge >= 0.3 is 0 Å². The topological polar surface area (TPSA) is 55.0 Å². The van der Waals surface area contributed by atoms with E-state index in [4.69, 9.17) is 10.7 Å². The summed E-state index contributed by atoms with van der Waals surface area (Å²) in [5, 5.41) is 1.04. The summed E-state index contributed by atoms with van der Waals surface area (Å²) in [4.78, 5) is 14.1. The van der Waals surface area contributed by atoms with Crippen molar-refractivity contribution in [3.8, 4) is 0 Å². The molecule has 2 N–H and O–H groups in total. The molecule has 0 radical (unpaired) electrons. The van der Waals surface area contributed by atoms with Gasteiger partial charge in [0.05, 0.1) is 11.9 Å². The van der Waals surface area contributed by atoms with Gasteiger partial charge in [-0.3, -0.25) is 4.90 Å². The predicted octanol–water partition coefficient (Wildman–Crippen LogP) is 3.51. The van der Waals surface area contributed by atoms with Gasteiger partial charge in [0.1, 0.15) is 16.5 Å². The zero-order chi connectivity index (χ0) is 15.1. The number of piperidine rings is 1. The van der Waals surface area contributed by atoms with E-state index in [0.29, 0.717) is 11.9 Å². The summed E-state index contributed by atoms with van der Waals surface area (Å²) in [7, 11) is 0. The minimum atomic E-state index is 0.605. The van der Waals surface area contributed by atoms with Crippen LogP contribution in [-0.4, -0.2) is 27.5 Å². The maximum absolute atomic E-state index is 6.18. The van der Waals surface area contributed by atoms with E-state index in [1.54, 1.807) is 11.3 Å². The van der Waals surface area contributed by atoms with Crippen LogP contribution in [0.15, 0.2) is 0 Å². The van der Waals surface area contributed by atoms with Crippen LogP contribution >= 0.6 is 11.3 Å². The number of hydrogen-bond donors (Lipinski definition) is 1. The van der Waals surface area contributed by atoms with E-state index in [-0.39, 0.29) is 0 Å². The molecule has 0 spiro atoms. The maximum atomic E-state index is 6.18. The Kier molecular flexibility index (Phi) is 3.88. The lowest BCUT2D eigenvalue weighted by Gasteiger charge is -2.36. The van der Waals surface area contributed by atoms with Crippen molar-refractivity contribution in [2.75, 3.05) is 12.3 Å². The number of fused-ring (bicyclic) bond motifs is 1. The molecule has 0 aliphatic carbocycles. The number of likely N-dealkylation sites (tertiary alicyclic amines) is 1. The molecule has 1 saturated heterocycles. The minimum absolute atomic E-state index is 0.605. The number of thiophene rings is 1. The quantitative estimate of drug-likeness (QED) is 0.922. The van der Waals surface area contributed by atoms with E-state index in [0.717, 1.165) is 35.0 Å². The third-order valence-electron chi connectivity index (χ3n) is 4.69. The Morgan fingerprint density at radius 2 is 2.00 bits per heavy atom. The molecule has 1 aliphatic heterocycles. The number of aromatic nitrogens is 2. The second-order valence-electron chi connectivity index (χ2n) is 6.45. The van der Waals surface area contributed by atoms with Crippen molar-refractivity contribution >= 4 is 27.4 Å². The maximum Gasteiger partial charge on any atom is 0.146 e. The highest BCUT2D eigenvalue weighted by Gasteiger charge is 2.24. The Labute approximate surface area is 130 Å². The van der Waals surface area contributed by atoms with Gasteiger partial charge in [-0.05, 0) is 45.1 Å². The first-order chi connectivity index (χ1) is 9.95. The normalized spacial score (nSPS) is 23.8. The molecule has 2 aromatic heterocycles. The fourth-order valence-corrected chi connectivity index (χ4v) is 4.24. The van der Waals surface area contributed by atoms with E-state index in [2.05, 4.69) is 37.6 Å². The molecule has 2 atom stereocenters. The van der Waals surface area contributed by atoms with Gasteiger partial charge in [-0.15, -0.1) is 11.3 Å². The standard InChI is InChI=1S/C16H24N4S/c1-9-5-6-10(2)20(7-9)8-13-18-15(17)14-11(3)12(4)21-16(14)19-13/h9-10H,5-8H2,1-4H3,(H2,17,18,19). The van der Waals surface area contributed by atoms with Crippen molar-refractivity contribution in [3.05, 3.63) is 16.3 Å². The number of rotatable bonds is 2. The largest absolute Gasteiger partial charge is 0.383 e. The molecule has 21 heavy (non-hydrogen) atoms. The van der Waals surface area contributed by atoms with Gasteiger partial charge in [0.25, 0.3) is 0 Å². The number of hydrogen-bond acceptors (Lipinski definition) is 5. The lowest BCUT2D eigenvalue weighted by molar-refractivity contribution is 0.114. The van der Waals surface area contributed by atoms with Gasteiger partial charge in [0.15, 0.2) is 0 Å². The number of nitrogen functional groups attached to an aromatic ring is 1. The Morgan fingerprint density at radius 3 is 2.76 bits per heavy atom. The van der Waals surface area contributed by atoms with Crippen LogP contribution in [0.25, 0.3) is 10.2 Å². The molecular weight excluding hydrogens is 280 g/mol. The molecule has 2 aromatic rings. The number of nitrogens with zero attached hydrogens (tertiary/aromatic N) is 3. The van der Waals surface area contributed by atoms with Crippen LogP contribution in [0.2, 0.25) is 0 Å². The molecule has 0 saturated carbocycles. The van der Waals surface area contributed by atoms with Gasteiger partial charge in [-0.1, -0.05) is 6.92 Å². The highest BCUT2D eigenvalue weighted by atomic mass is 32.1. The molecule has 3 rings (SSSR count). The summed E-state index contributed by atoms with van der Waals surface area (Å²) >= 11 is 1.72. The lowest BCUT2D eigenvalue weighted by atomic mass is 9.95. The van der Waals surface area contributed by atoms with Crippen LogP contribution in [0.1, 0.15) is 43.0 Å². The zero-order valence-corrected chi connectivity index (χ0v) is 14.1. The minimum Gasteiger partial charge on any atom is -0.383 e. The Morgan fingerprint density at radius 1 is 1.24 bits per heavy atom. The van der Waals surface area contributed by atoms with Crippen LogP contribution in [0.4, 0.5) is 5.82 Å². The Balaban J connectivity index is 1.90. The average Bonchev–Trinajstić information content (AvgIpc) is 2.70. The fourth-order valence-electron chi connectivity index (χ4n) is 3.18. The molecule has 0 aromatic carbocycles. The Bertz CT molecular complexity index is 664. The number of anilines is 1. The van der Waals surface area contributed by atoms with Gasteiger partial charge in [-0.25, -0.2) is 9.97 Å². The van der Waals surface area contributed by atoms with Gasteiger partial charge < -0.3 is 5.73 Å².